The first-order valence-electron chi connectivity index (χ1n) is 4.85. The van der Waals surface area contributed by atoms with Gasteiger partial charge < -0.3 is 4.74 Å². The Bertz CT molecular complexity index is 728. The average Bonchev–Trinajstić information content (AvgIpc) is 2.34. The van der Waals surface area contributed by atoms with E-state index in [1.165, 1.54) is 0 Å². The minimum atomic E-state index is -4.33. The standard InChI is InChI=1S/C7H10N4O7S2/c1-18-6-5(11(12)13)7(10-4-9-6)19(14,15)2-3-20(8,16)17/h4H,2-3H2,1H3,(H2,8,16,17). The van der Waals surface area contributed by atoms with E-state index in [2.05, 4.69) is 14.7 Å². The van der Waals surface area contributed by atoms with Crippen LogP contribution in [0.1, 0.15) is 0 Å². The second-order valence-electron chi connectivity index (χ2n) is 3.48. The summed E-state index contributed by atoms with van der Waals surface area (Å²) in [6.07, 6.45) is 0.760. The number of aromatic nitrogens is 2. The first kappa shape index (κ1) is 16.2. The van der Waals surface area contributed by atoms with Crippen LogP contribution in [0, 0.1) is 10.1 Å². The van der Waals surface area contributed by atoms with Crippen LogP contribution in [-0.2, 0) is 19.9 Å². The van der Waals surface area contributed by atoms with Gasteiger partial charge in [0.15, 0.2) is 0 Å². The van der Waals surface area contributed by atoms with Crippen molar-refractivity contribution in [2.75, 3.05) is 18.6 Å². The number of ether oxygens (including phenoxy) is 1. The molecule has 0 bridgehead atoms. The Kier molecular flexibility index (Phi) is 4.57. The Balaban J connectivity index is 3.35. The van der Waals surface area contributed by atoms with Gasteiger partial charge in [-0.2, -0.15) is 4.98 Å². The lowest BCUT2D eigenvalue weighted by Crippen LogP contribution is -2.24. The molecule has 112 valence electrons. The van der Waals surface area contributed by atoms with E-state index in [1.807, 2.05) is 0 Å². The Labute approximate surface area is 113 Å². The van der Waals surface area contributed by atoms with Gasteiger partial charge in [0.1, 0.15) is 6.33 Å². The molecule has 20 heavy (non-hydrogen) atoms. The number of nitrogens with two attached hydrogens (primary N) is 1. The molecule has 1 aromatic rings. The zero-order valence-electron chi connectivity index (χ0n) is 10.1. The molecular formula is C7H10N4O7S2. The number of sulfonamides is 1. The van der Waals surface area contributed by atoms with Gasteiger partial charge in [-0.25, -0.2) is 27.0 Å². The third-order valence-electron chi connectivity index (χ3n) is 2.06. The van der Waals surface area contributed by atoms with E-state index in [1.54, 1.807) is 0 Å². The number of hydrogen-bond acceptors (Lipinski definition) is 9. The van der Waals surface area contributed by atoms with Crippen LogP contribution in [0.15, 0.2) is 11.4 Å². The summed E-state index contributed by atoms with van der Waals surface area (Å²) in [7, 11) is -7.31. The molecule has 0 radical (unpaired) electrons. The first-order valence-corrected chi connectivity index (χ1v) is 8.22. The largest absolute Gasteiger partial charge is 0.476 e. The number of nitro groups is 1. The van der Waals surface area contributed by atoms with Gasteiger partial charge in [-0.05, 0) is 0 Å². The minimum Gasteiger partial charge on any atom is -0.476 e. The smallest absolute Gasteiger partial charge is 0.367 e. The van der Waals surface area contributed by atoms with Crippen LogP contribution in [-0.4, -0.2) is 50.3 Å². The van der Waals surface area contributed by atoms with Crippen molar-refractivity contribution in [2.45, 2.75) is 5.03 Å². The molecule has 1 rings (SSSR count). The lowest BCUT2D eigenvalue weighted by atomic mass is 10.5. The molecule has 0 aromatic carbocycles. The van der Waals surface area contributed by atoms with Crippen LogP contribution in [0.3, 0.4) is 0 Å². The highest BCUT2D eigenvalue weighted by Crippen LogP contribution is 2.30. The monoisotopic (exact) mass is 326 g/mol. The van der Waals surface area contributed by atoms with E-state index in [-0.39, 0.29) is 0 Å². The van der Waals surface area contributed by atoms with E-state index in [4.69, 9.17) is 5.14 Å². The van der Waals surface area contributed by atoms with Crippen LogP contribution in [0.25, 0.3) is 0 Å². The summed E-state index contributed by atoms with van der Waals surface area (Å²) in [5.74, 6) is -2.37. The van der Waals surface area contributed by atoms with Crippen LogP contribution < -0.4 is 9.88 Å². The molecule has 11 nitrogen and oxygen atoms in total. The van der Waals surface area contributed by atoms with Gasteiger partial charge in [-0.1, -0.05) is 0 Å². The third kappa shape index (κ3) is 3.82. The van der Waals surface area contributed by atoms with E-state index in [0.29, 0.717) is 0 Å². The Hall–Kier alpha value is -1.86. The maximum Gasteiger partial charge on any atom is 0.367 e. The molecule has 1 heterocycles. The molecule has 0 unspecified atom stereocenters. The highest BCUT2D eigenvalue weighted by Gasteiger charge is 2.33. The van der Waals surface area contributed by atoms with E-state index in [9.17, 15) is 26.9 Å². The molecule has 13 heteroatoms. The fraction of sp³-hybridized carbons (Fsp3) is 0.429. The molecule has 0 aliphatic heterocycles. The van der Waals surface area contributed by atoms with Crippen LogP contribution >= 0.6 is 0 Å². The molecule has 0 aliphatic rings. The quantitative estimate of drug-likeness (QED) is 0.369. The SMILES string of the molecule is COc1ncnc(S(=O)(=O)CCS(N)(=O)=O)c1[N+](=O)[O-]. The number of methoxy groups -OCH3 is 1. The summed E-state index contributed by atoms with van der Waals surface area (Å²) in [6.45, 7) is 0. The van der Waals surface area contributed by atoms with Crippen molar-refractivity contribution in [3.8, 4) is 5.88 Å². The van der Waals surface area contributed by atoms with Crippen molar-refractivity contribution in [2.24, 2.45) is 5.14 Å². The maximum absolute atomic E-state index is 11.9. The summed E-state index contributed by atoms with van der Waals surface area (Å²) in [5, 5.41) is 14.7. The summed E-state index contributed by atoms with van der Waals surface area (Å²) in [4.78, 5) is 16.6. The van der Waals surface area contributed by atoms with Gasteiger partial charge in [-0.15, -0.1) is 0 Å². The van der Waals surface area contributed by atoms with Crippen molar-refractivity contribution in [3.05, 3.63) is 16.4 Å². The second kappa shape index (κ2) is 5.64. The molecule has 0 saturated carbocycles. The maximum atomic E-state index is 11.9. The lowest BCUT2D eigenvalue weighted by molar-refractivity contribution is -0.389. The Morgan fingerprint density at radius 1 is 1.30 bits per heavy atom. The van der Waals surface area contributed by atoms with Crippen LogP contribution in [0.4, 0.5) is 5.69 Å². The fourth-order valence-electron chi connectivity index (χ4n) is 1.20. The van der Waals surface area contributed by atoms with Crippen molar-refractivity contribution in [1.82, 2.24) is 9.97 Å². The second-order valence-corrected chi connectivity index (χ2v) is 7.24. The highest BCUT2D eigenvalue weighted by atomic mass is 32.2. The zero-order valence-corrected chi connectivity index (χ0v) is 11.7. The number of sulfone groups is 1. The van der Waals surface area contributed by atoms with Crippen molar-refractivity contribution < 1.29 is 26.5 Å². The first-order chi connectivity index (χ1) is 9.08. The summed E-state index contributed by atoms with van der Waals surface area (Å²) >= 11 is 0. The van der Waals surface area contributed by atoms with Crippen molar-refractivity contribution in [3.63, 3.8) is 0 Å². The molecule has 2 N–H and O–H groups in total. The molecule has 0 amide bonds. The molecule has 0 spiro atoms. The third-order valence-corrected chi connectivity index (χ3v) is 4.72. The molecule has 0 fully saturated rings. The summed E-state index contributed by atoms with van der Waals surface area (Å²) in [5.41, 5.74) is -0.954. The highest BCUT2D eigenvalue weighted by molar-refractivity contribution is 7.94. The summed E-state index contributed by atoms with van der Waals surface area (Å²) in [6, 6.07) is 0. The average molecular weight is 326 g/mol. The minimum absolute atomic E-state index is 0.542. The zero-order chi connectivity index (χ0) is 15.6. The Morgan fingerprint density at radius 2 is 1.90 bits per heavy atom. The number of rotatable bonds is 6. The predicted molar refractivity (Wildman–Crippen MR) is 65.3 cm³/mol. The predicted octanol–water partition coefficient (Wildman–Crippen LogP) is -1.54. The van der Waals surface area contributed by atoms with E-state index >= 15 is 0 Å². The van der Waals surface area contributed by atoms with E-state index < -0.39 is 52.9 Å². The van der Waals surface area contributed by atoms with Gasteiger partial charge in [0.25, 0.3) is 5.88 Å². The van der Waals surface area contributed by atoms with Crippen LogP contribution in [0.5, 0.6) is 5.88 Å². The molecule has 0 saturated heterocycles. The molecular weight excluding hydrogens is 316 g/mol. The lowest BCUT2D eigenvalue weighted by Gasteiger charge is -2.05. The number of primary sulfonamides is 1. The van der Waals surface area contributed by atoms with Crippen molar-refractivity contribution >= 4 is 25.5 Å². The van der Waals surface area contributed by atoms with Crippen molar-refractivity contribution in [1.29, 1.82) is 0 Å². The number of hydrogen-bond donors (Lipinski definition) is 1. The van der Waals surface area contributed by atoms with Gasteiger partial charge in [-0.3, -0.25) is 10.1 Å². The molecule has 0 atom stereocenters. The Morgan fingerprint density at radius 3 is 2.35 bits per heavy atom. The van der Waals surface area contributed by atoms with E-state index in [0.717, 1.165) is 13.4 Å². The van der Waals surface area contributed by atoms with Crippen LogP contribution in [0.2, 0.25) is 0 Å². The summed E-state index contributed by atoms with van der Waals surface area (Å²) < 4.78 is 49.9. The normalized spacial score (nSPS) is 12.1. The topological polar surface area (TPSA) is 172 Å². The van der Waals surface area contributed by atoms with Gasteiger partial charge in [0.05, 0.1) is 23.5 Å². The number of nitrogens with zero attached hydrogens (tertiary/aromatic N) is 3. The van der Waals surface area contributed by atoms with Gasteiger partial charge in [0.2, 0.25) is 24.9 Å². The van der Waals surface area contributed by atoms with Gasteiger partial charge in [0, 0.05) is 0 Å². The fourth-order valence-corrected chi connectivity index (χ4v) is 3.87. The molecule has 0 aliphatic carbocycles. The van der Waals surface area contributed by atoms with Gasteiger partial charge >= 0.3 is 5.69 Å². The molecule has 1 aromatic heterocycles.